The molecule has 0 bridgehead atoms. The fourth-order valence-corrected chi connectivity index (χ4v) is 4.81. The number of para-hydroxylation sites is 1. The summed E-state index contributed by atoms with van der Waals surface area (Å²) >= 11 is 0. The fraction of sp³-hybridized carbons (Fsp3) is 0.333. The monoisotopic (exact) mass is 335 g/mol. The molecule has 0 fully saturated rings. The largest absolute Gasteiger partial charge is 0.330 e. The molecule has 1 aromatic heterocycles. The van der Waals surface area contributed by atoms with Gasteiger partial charge in [0.15, 0.2) is 4.90 Å². The van der Waals surface area contributed by atoms with E-state index >= 15 is 0 Å². The van der Waals surface area contributed by atoms with E-state index in [1.54, 1.807) is 19.1 Å². The summed E-state index contributed by atoms with van der Waals surface area (Å²) in [5.74, 6) is 0. The van der Waals surface area contributed by atoms with Crippen molar-refractivity contribution in [3.63, 3.8) is 0 Å². The Morgan fingerprint density at radius 1 is 1.13 bits per heavy atom. The van der Waals surface area contributed by atoms with Gasteiger partial charge in [-0.2, -0.15) is 0 Å². The van der Waals surface area contributed by atoms with Gasteiger partial charge in [-0.05, 0) is 25.0 Å². The maximum Gasteiger partial charge on any atom is 0.330 e. The van der Waals surface area contributed by atoms with Gasteiger partial charge < -0.3 is 4.57 Å². The van der Waals surface area contributed by atoms with E-state index in [-0.39, 0.29) is 6.04 Å². The Bertz CT molecular complexity index is 1000. The Balaban J connectivity index is 2.26. The van der Waals surface area contributed by atoms with Gasteiger partial charge in [0.05, 0.1) is 5.69 Å². The van der Waals surface area contributed by atoms with Gasteiger partial charge in [0.1, 0.15) is 0 Å². The van der Waals surface area contributed by atoms with Gasteiger partial charge in [0.2, 0.25) is 0 Å². The molecule has 1 aliphatic heterocycles. The predicted molar refractivity (Wildman–Crippen MR) is 86.2 cm³/mol. The highest BCUT2D eigenvalue weighted by molar-refractivity contribution is 7.92. The highest BCUT2D eigenvalue weighted by Crippen LogP contribution is 2.35. The Morgan fingerprint density at radius 2 is 1.78 bits per heavy atom. The quantitative estimate of drug-likeness (QED) is 0.786. The molecule has 0 saturated carbocycles. The zero-order chi connectivity index (χ0) is 16.9. The third-order valence-corrected chi connectivity index (χ3v) is 6.01. The number of anilines is 1. The van der Waals surface area contributed by atoms with Gasteiger partial charge in [-0.15, -0.1) is 0 Å². The van der Waals surface area contributed by atoms with Gasteiger partial charge in [0.25, 0.3) is 15.6 Å². The Kier molecular flexibility index (Phi) is 3.44. The lowest BCUT2D eigenvalue weighted by atomic mass is 10.1. The number of rotatable bonds is 2. The second-order valence-electron chi connectivity index (χ2n) is 5.73. The molecule has 122 valence electrons. The van der Waals surface area contributed by atoms with Crippen LogP contribution in [0.1, 0.15) is 12.5 Å². The number of benzene rings is 1. The first kappa shape index (κ1) is 15.5. The summed E-state index contributed by atoms with van der Waals surface area (Å²) in [7, 11) is -1.37. The molecule has 0 amide bonds. The van der Waals surface area contributed by atoms with Gasteiger partial charge in [-0.3, -0.25) is 13.7 Å². The maximum absolute atomic E-state index is 13.0. The number of sulfonamides is 1. The van der Waals surface area contributed by atoms with Crippen LogP contribution in [-0.2, 0) is 30.5 Å². The molecular formula is C15H17N3O4S. The Labute approximate surface area is 133 Å². The van der Waals surface area contributed by atoms with Crippen molar-refractivity contribution in [3.05, 3.63) is 56.9 Å². The highest BCUT2D eigenvalue weighted by atomic mass is 32.2. The summed E-state index contributed by atoms with van der Waals surface area (Å²) in [6, 6.07) is 6.92. The highest BCUT2D eigenvalue weighted by Gasteiger charge is 2.37. The summed E-state index contributed by atoms with van der Waals surface area (Å²) in [5, 5.41) is 0. The molecule has 3 rings (SSSR count). The fourth-order valence-electron chi connectivity index (χ4n) is 2.96. The number of hydrogen-bond acceptors (Lipinski definition) is 4. The van der Waals surface area contributed by atoms with Crippen LogP contribution in [0.2, 0.25) is 0 Å². The Morgan fingerprint density at radius 3 is 2.48 bits per heavy atom. The summed E-state index contributed by atoms with van der Waals surface area (Å²) in [5.41, 5.74) is 0.120. The molecular weight excluding hydrogens is 318 g/mol. The lowest BCUT2D eigenvalue weighted by molar-refractivity contribution is 0.573. The standard InChI is InChI=1S/C15H17N3O4S/c1-10-8-11-6-4-5-7-12(11)18(10)23(21,22)13-9-16(2)15(20)17(3)14(13)19/h4-7,9-10H,8H2,1-3H3. The first-order chi connectivity index (χ1) is 10.7. The molecule has 0 spiro atoms. The second kappa shape index (κ2) is 5.09. The molecule has 1 aromatic carbocycles. The van der Waals surface area contributed by atoms with Gasteiger partial charge in [-0.1, -0.05) is 18.2 Å². The van der Waals surface area contributed by atoms with Crippen molar-refractivity contribution in [1.29, 1.82) is 0 Å². The molecule has 1 atom stereocenters. The first-order valence-electron chi connectivity index (χ1n) is 7.14. The Hall–Kier alpha value is -2.35. The molecule has 0 aliphatic carbocycles. The lowest BCUT2D eigenvalue weighted by Crippen LogP contribution is -2.44. The van der Waals surface area contributed by atoms with Crippen molar-refractivity contribution in [1.82, 2.24) is 9.13 Å². The third-order valence-electron chi connectivity index (χ3n) is 4.10. The summed E-state index contributed by atoms with van der Waals surface area (Å²) in [4.78, 5) is 23.7. The van der Waals surface area contributed by atoms with Crippen molar-refractivity contribution in [2.75, 3.05) is 4.31 Å². The molecule has 23 heavy (non-hydrogen) atoms. The summed E-state index contributed by atoms with van der Waals surface area (Å²) < 4.78 is 29.3. The van der Waals surface area contributed by atoms with Crippen molar-refractivity contribution < 1.29 is 8.42 Å². The van der Waals surface area contributed by atoms with Gasteiger partial charge >= 0.3 is 5.69 Å². The maximum atomic E-state index is 13.0. The van der Waals surface area contributed by atoms with Crippen molar-refractivity contribution in [2.45, 2.75) is 24.3 Å². The van der Waals surface area contributed by atoms with E-state index in [0.29, 0.717) is 12.1 Å². The molecule has 0 radical (unpaired) electrons. The molecule has 0 saturated heterocycles. The molecule has 0 N–H and O–H groups in total. The van der Waals surface area contributed by atoms with Crippen LogP contribution in [0.5, 0.6) is 0 Å². The van der Waals surface area contributed by atoms with Crippen LogP contribution in [0.4, 0.5) is 5.69 Å². The van der Waals surface area contributed by atoms with Crippen molar-refractivity contribution in [2.24, 2.45) is 14.1 Å². The SMILES string of the molecule is CC1Cc2ccccc2N1S(=O)(=O)c1cn(C)c(=O)n(C)c1=O. The van der Waals surface area contributed by atoms with E-state index in [0.717, 1.165) is 20.9 Å². The number of aryl methyl sites for hydroxylation is 1. The van der Waals surface area contributed by atoms with E-state index in [1.165, 1.54) is 18.4 Å². The minimum absolute atomic E-state index is 0.292. The number of nitrogens with zero attached hydrogens (tertiary/aromatic N) is 3. The molecule has 8 heteroatoms. The van der Waals surface area contributed by atoms with E-state index in [4.69, 9.17) is 0 Å². The van der Waals surface area contributed by atoms with Crippen LogP contribution in [0, 0.1) is 0 Å². The van der Waals surface area contributed by atoms with Crippen LogP contribution in [0.15, 0.2) is 44.9 Å². The topological polar surface area (TPSA) is 81.4 Å². The average molecular weight is 335 g/mol. The number of fused-ring (bicyclic) bond motifs is 1. The van der Waals surface area contributed by atoms with E-state index < -0.39 is 26.2 Å². The van der Waals surface area contributed by atoms with E-state index in [1.807, 2.05) is 12.1 Å². The van der Waals surface area contributed by atoms with Crippen LogP contribution in [0.3, 0.4) is 0 Å². The lowest BCUT2D eigenvalue weighted by Gasteiger charge is -2.24. The van der Waals surface area contributed by atoms with Crippen LogP contribution in [0.25, 0.3) is 0 Å². The first-order valence-corrected chi connectivity index (χ1v) is 8.58. The minimum atomic E-state index is -4.05. The second-order valence-corrected chi connectivity index (χ2v) is 7.52. The smallest absolute Gasteiger partial charge is 0.302 e. The zero-order valence-electron chi connectivity index (χ0n) is 13.1. The predicted octanol–water partition coefficient (Wildman–Crippen LogP) is 0.224. The zero-order valence-corrected chi connectivity index (χ0v) is 13.9. The van der Waals surface area contributed by atoms with E-state index in [9.17, 15) is 18.0 Å². The van der Waals surface area contributed by atoms with Crippen LogP contribution >= 0.6 is 0 Å². The number of aromatic nitrogens is 2. The van der Waals surface area contributed by atoms with Crippen molar-refractivity contribution >= 4 is 15.7 Å². The molecule has 1 aliphatic rings. The summed E-state index contributed by atoms with van der Waals surface area (Å²) in [6.45, 7) is 1.80. The molecule has 2 aromatic rings. The number of hydrogen-bond donors (Lipinski definition) is 0. The van der Waals surface area contributed by atoms with Crippen LogP contribution < -0.4 is 15.6 Å². The normalized spacial score (nSPS) is 17.3. The van der Waals surface area contributed by atoms with Crippen molar-refractivity contribution in [3.8, 4) is 0 Å². The minimum Gasteiger partial charge on any atom is -0.302 e. The third kappa shape index (κ3) is 2.21. The molecule has 2 heterocycles. The molecule has 7 nitrogen and oxygen atoms in total. The summed E-state index contributed by atoms with van der Waals surface area (Å²) in [6.07, 6.45) is 1.68. The van der Waals surface area contributed by atoms with Gasteiger partial charge in [-0.25, -0.2) is 13.2 Å². The van der Waals surface area contributed by atoms with E-state index in [2.05, 4.69) is 0 Å². The average Bonchev–Trinajstić information content (AvgIpc) is 2.85. The van der Waals surface area contributed by atoms with Crippen LogP contribution in [-0.4, -0.2) is 23.6 Å². The molecule has 1 unspecified atom stereocenters. The van der Waals surface area contributed by atoms with Gasteiger partial charge in [0, 0.05) is 26.3 Å².